The molecule has 2 aliphatic rings. The van der Waals surface area contributed by atoms with Gasteiger partial charge in [0.05, 0.1) is 18.8 Å². The Kier molecular flexibility index (Phi) is 2.88. The molecule has 0 aromatic rings. The van der Waals surface area contributed by atoms with Crippen LogP contribution in [0.4, 0.5) is 4.79 Å². The highest BCUT2D eigenvalue weighted by molar-refractivity contribution is 5.74. The number of β-amino-alcohol motifs (C(OH)–C–C–N with tert-alkyl or cyclic N) is 1. The van der Waals surface area contributed by atoms with E-state index in [9.17, 15) is 9.90 Å². The van der Waals surface area contributed by atoms with Gasteiger partial charge in [-0.2, -0.15) is 0 Å². The second-order valence-corrected chi connectivity index (χ2v) is 3.90. The Morgan fingerprint density at radius 2 is 2.36 bits per heavy atom. The minimum absolute atomic E-state index is 0.0722. The summed E-state index contributed by atoms with van der Waals surface area (Å²) in [5.74, 6) is 0. The maximum atomic E-state index is 11.6. The molecule has 2 atom stereocenters. The van der Waals surface area contributed by atoms with Crippen LogP contribution in [0.2, 0.25) is 0 Å². The van der Waals surface area contributed by atoms with Gasteiger partial charge >= 0.3 is 6.03 Å². The van der Waals surface area contributed by atoms with Gasteiger partial charge in [-0.25, -0.2) is 4.79 Å². The van der Waals surface area contributed by atoms with E-state index in [1.807, 2.05) is 0 Å². The van der Waals surface area contributed by atoms with Crippen molar-refractivity contribution >= 4 is 6.03 Å². The predicted molar refractivity (Wildman–Crippen MR) is 50.0 cm³/mol. The van der Waals surface area contributed by atoms with E-state index in [0.717, 1.165) is 13.0 Å². The number of hydrogen-bond donors (Lipinski definition) is 2. The summed E-state index contributed by atoms with van der Waals surface area (Å²) in [5, 5.41) is 12.2. The third kappa shape index (κ3) is 2.16. The van der Waals surface area contributed by atoms with Crippen molar-refractivity contribution in [1.82, 2.24) is 10.2 Å². The van der Waals surface area contributed by atoms with Gasteiger partial charge in [-0.3, -0.25) is 0 Å². The van der Waals surface area contributed by atoms with E-state index in [1.54, 1.807) is 4.90 Å². The van der Waals surface area contributed by atoms with Crippen LogP contribution in [0.1, 0.15) is 12.8 Å². The van der Waals surface area contributed by atoms with Gasteiger partial charge in [0.15, 0.2) is 0 Å². The maximum Gasteiger partial charge on any atom is 0.317 e. The van der Waals surface area contributed by atoms with E-state index >= 15 is 0 Å². The minimum atomic E-state index is -0.347. The number of rotatable bonds is 1. The molecule has 2 heterocycles. The first kappa shape index (κ1) is 9.73. The number of urea groups is 1. The molecular formula is C9H16N2O3. The van der Waals surface area contributed by atoms with Gasteiger partial charge in [0.1, 0.15) is 0 Å². The Bertz CT molecular complexity index is 216. The summed E-state index contributed by atoms with van der Waals surface area (Å²) in [6.07, 6.45) is 1.23. The van der Waals surface area contributed by atoms with Crippen molar-refractivity contribution in [3.05, 3.63) is 0 Å². The highest BCUT2D eigenvalue weighted by Gasteiger charge is 2.26. The summed E-state index contributed by atoms with van der Waals surface area (Å²) >= 11 is 0. The van der Waals surface area contributed by atoms with Crippen LogP contribution in [-0.4, -0.2) is 54.5 Å². The molecule has 80 valence electrons. The molecule has 1 unspecified atom stereocenters. The van der Waals surface area contributed by atoms with Crippen LogP contribution in [0, 0.1) is 0 Å². The van der Waals surface area contributed by atoms with E-state index < -0.39 is 0 Å². The van der Waals surface area contributed by atoms with Gasteiger partial charge in [0.2, 0.25) is 0 Å². The summed E-state index contributed by atoms with van der Waals surface area (Å²) in [4.78, 5) is 13.3. The number of amides is 2. The van der Waals surface area contributed by atoms with Gasteiger partial charge in [-0.05, 0) is 12.8 Å². The monoisotopic (exact) mass is 200 g/mol. The van der Waals surface area contributed by atoms with E-state index in [0.29, 0.717) is 26.1 Å². The van der Waals surface area contributed by atoms with E-state index in [2.05, 4.69) is 5.32 Å². The van der Waals surface area contributed by atoms with Crippen LogP contribution >= 0.6 is 0 Å². The summed E-state index contributed by atoms with van der Waals surface area (Å²) in [6.45, 7) is 2.45. The van der Waals surface area contributed by atoms with Crippen LogP contribution in [0.15, 0.2) is 0 Å². The molecular weight excluding hydrogens is 184 g/mol. The number of hydrogen-bond acceptors (Lipinski definition) is 3. The molecule has 0 saturated carbocycles. The van der Waals surface area contributed by atoms with Gasteiger partial charge in [-0.15, -0.1) is 0 Å². The van der Waals surface area contributed by atoms with Crippen LogP contribution in [0.5, 0.6) is 0 Å². The van der Waals surface area contributed by atoms with Gasteiger partial charge in [0.25, 0.3) is 0 Å². The number of aliphatic hydroxyl groups is 1. The number of likely N-dealkylation sites (tertiary alicyclic amines) is 1. The van der Waals surface area contributed by atoms with E-state index in [4.69, 9.17) is 4.74 Å². The molecule has 0 bridgehead atoms. The number of ether oxygens (including phenoxy) is 1. The van der Waals surface area contributed by atoms with Crippen molar-refractivity contribution in [3.8, 4) is 0 Å². The second-order valence-electron chi connectivity index (χ2n) is 3.90. The SMILES string of the molecule is O=C(NC1CCOC1)N1CC[C@@H](O)C1. The standard InChI is InChI=1S/C9H16N2O3/c12-8-1-3-11(5-8)9(13)10-7-2-4-14-6-7/h7-8,12H,1-6H2,(H,10,13)/t7?,8-/m1/s1. The average molecular weight is 200 g/mol. The lowest BCUT2D eigenvalue weighted by Gasteiger charge is -2.19. The van der Waals surface area contributed by atoms with E-state index in [-0.39, 0.29) is 18.2 Å². The number of carbonyl (C=O) groups excluding carboxylic acids is 1. The maximum absolute atomic E-state index is 11.6. The highest BCUT2D eigenvalue weighted by Crippen LogP contribution is 2.10. The van der Waals surface area contributed by atoms with Crippen LogP contribution in [0.25, 0.3) is 0 Å². The fraction of sp³-hybridized carbons (Fsp3) is 0.889. The molecule has 0 aromatic heterocycles. The lowest BCUT2D eigenvalue weighted by atomic mass is 10.3. The lowest BCUT2D eigenvalue weighted by molar-refractivity contribution is 0.166. The van der Waals surface area contributed by atoms with Crippen molar-refractivity contribution in [2.24, 2.45) is 0 Å². The topological polar surface area (TPSA) is 61.8 Å². The Hall–Kier alpha value is -0.810. The normalized spacial score (nSPS) is 32.2. The van der Waals surface area contributed by atoms with Crippen LogP contribution in [-0.2, 0) is 4.74 Å². The highest BCUT2D eigenvalue weighted by atomic mass is 16.5. The number of nitrogens with zero attached hydrogens (tertiary/aromatic N) is 1. The van der Waals surface area contributed by atoms with Gasteiger partial charge in [0, 0.05) is 19.7 Å². The molecule has 5 heteroatoms. The zero-order valence-corrected chi connectivity index (χ0v) is 8.11. The van der Waals surface area contributed by atoms with E-state index in [1.165, 1.54) is 0 Å². The first-order chi connectivity index (χ1) is 6.75. The Morgan fingerprint density at radius 1 is 1.50 bits per heavy atom. The molecule has 2 saturated heterocycles. The minimum Gasteiger partial charge on any atom is -0.391 e. The molecule has 0 aliphatic carbocycles. The molecule has 2 N–H and O–H groups in total. The van der Waals surface area contributed by atoms with Gasteiger partial charge in [-0.1, -0.05) is 0 Å². The molecule has 0 spiro atoms. The van der Waals surface area contributed by atoms with Crippen molar-refractivity contribution in [2.75, 3.05) is 26.3 Å². The summed E-state index contributed by atoms with van der Waals surface area (Å²) in [7, 11) is 0. The summed E-state index contributed by atoms with van der Waals surface area (Å²) in [6, 6.07) is 0.0808. The van der Waals surface area contributed by atoms with Crippen molar-refractivity contribution in [2.45, 2.75) is 25.0 Å². The van der Waals surface area contributed by atoms with Gasteiger partial charge < -0.3 is 20.1 Å². The molecule has 2 aliphatic heterocycles. The third-order valence-electron chi connectivity index (χ3n) is 2.71. The molecule has 0 aromatic carbocycles. The fourth-order valence-electron chi connectivity index (χ4n) is 1.84. The number of carbonyl (C=O) groups is 1. The third-order valence-corrected chi connectivity index (χ3v) is 2.71. The lowest BCUT2D eigenvalue weighted by Crippen LogP contribution is -2.44. The number of nitrogens with one attached hydrogen (secondary N) is 1. The zero-order chi connectivity index (χ0) is 9.97. The average Bonchev–Trinajstić information content (AvgIpc) is 2.75. The predicted octanol–water partition coefficient (Wildman–Crippen LogP) is -0.449. The largest absolute Gasteiger partial charge is 0.391 e. The molecule has 0 radical (unpaired) electrons. The molecule has 2 rings (SSSR count). The Labute approximate surface area is 83.0 Å². The first-order valence-electron chi connectivity index (χ1n) is 5.07. The first-order valence-corrected chi connectivity index (χ1v) is 5.07. The second kappa shape index (κ2) is 4.14. The molecule has 14 heavy (non-hydrogen) atoms. The summed E-state index contributed by atoms with van der Waals surface area (Å²) in [5.41, 5.74) is 0. The molecule has 5 nitrogen and oxygen atoms in total. The van der Waals surface area contributed by atoms with Crippen LogP contribution in [0.3, 0.4) is 0 Å². The smallest absolute Gasteiger partial charge is 0.317 e. The van der Waals surface area contributed by atoms with Crippen molar-refractivity contribution in [1.29, 1.82) is 0 Å². The summed E-state index contributed by atoms with van der Waals surface area (Å²) < 4.78 is 5.16. The Balaban J connectivity index is 1.77. The molecule has 2 amide bonds. The number of aliphatic hydroxyl groups excluding tert-OH is 1. The molecule has 2 fully saturated rings. The quantitative estimate of drug-likeness (QED) is 0.602. The Morgan fingerprint density at radius 3 is 2.93 bits per heavy atom. The fourth-order valence-corrected chi connectivity index (χ4v) is 1.84. The zero-order valence-electron chi connectivity index (χ0n) is 8.11. The van der Waals surface area contributed by atoms with Crippen LogP contribution < -0.4 is 5.32 Å². The van der Waals surface area contributed by atoms with Crippen molar-refractivity contribution in [3.63, 3.8) is 0 Å². The van der Waals surface area contributed by atoms with Crippen molar-refractivity contribution < 1.29 is 14.6 Å².